The summed E-state index contributed by atoms with van der Waals surface area (Å²) in [5.74, 6) is 0.189. The highest BCUT2D eigenvalue weighted by Crippen LogP contribution is 2.49. The second-order valence-electron chi connectivity index (χ2n) is 4.13. The van der Waals surface area contributed by atoms with Crippen molar-refractivity contribution < 1.29 is 13.6 Å². The van der Waals surface area contributed by atoms with Gasteiger partial charge in [0.25, 0.3) is 5.56 Å². The van der Waals surface area contributed by atoms with Crippen LogP contribution in [0.5, 0.6) is 5.88 Å². The van der Waals surface area contributed by atoms with Crippen molar-refractivity contribution in [2.75, 3.05) is 13.2 Å². The molecule has 2 rings (SSSR count). The molecular formula is C14H17N2O4PS. The fourth-order valence-electron chi connectivity index (χ4n) is 1.72. The summed E-state index contributed by atoms with van der Waals surface area (Å²) in [7, 11) is 0. The Kier molecular flexibility index (Phi) is 5.85. The van der Waals surface area contributed by atoms with Gasteiger partial charge in [-0.05, 0) is 26.0 Å². The van der Waals surface area contributed by atoms with Gasteiger partial charge < -0.3 is 4.52 Å². The third-order valence-corrected chi connectivity index (χ3v) is 4.97. The molecule has 0 bridgehead atoms. The minimum absolute atomic E-state index is 0.189. The molecule has 0 spiro atoms. The molecule has 0 atom stereocenters. The average Bonchev–Trinajstić information content (AvgIpc) is 2.50. The molecule has 1 heterocycles. The van der Waals surface area contributed by atoms with Crippen molar-refractivity contribution in [1.29, 1.82) is 0 Å². The van der Waals surface area contributed by atoms with Gasteiger partial charge in [-0.15, -0.1) is 5.10 Å². The first-order chi connectivity index (χ1) is 10.6. The first-order valence-electron chi connectivity index (χ1n) is 6.82. The van der Waals surface area contributed by atoms with E-state index >= 15 is 0 Å². The van der Waals surface area contributed by atoms with E-state index in [1.807, 2.05) is 32.0 Å². The Labute approximate surface area is 133 Å². The minimum Gasteiger partial charge on any atom is -0.404 e. The maximum absolute atomic E-state index is 12.0. The second-order valence-corrected chi connectivity index (χ2v) is 7.07. The standard InChI is InChI=1S/C14H17N2O4PS/c1-3-18-21(22,19-4-2)20-13-10-11-14(17)16(15-13)12-8-6-5-7-9-12/h5-11H,3-4H2,1-2H3. The quantitative estimate of drug-likeness (QED) is 0.722. The number of aromatic nitrogens is 2. The monoisotopic (exact) mass is 340 g/mol. The van der Waals surface area contributed by atoms with Crippen LogP contribution in [0.4, 0.5) is 0 Å². The van der Waals surface area contributed by atoms with Crippen LogP contribution in [0.15, 0.2) is 47.3 Å². The lowest BCUT2D eigenvalue weighted by atomic mass is 10.3. The molecule has 0 aliphatic carbocycles. The summed E-state index contributed by atoms with van der Waals surface area (Å²) >= 11 is 5.29. The van der Waals surface area contributed by atoms with Crippen LogP contribution in [0.2, 0.25) is 0 Å². The third-order valence-electron chi connectivity index (χ3n) is 2.56. The Bertz CT molecular complexity index is 710. The molecule has 1 aromatic carbocycles. The van der Waals surface area contributed by atoms with Gasteiger partial charge in [0.15, 0.2) is 0 Å². The molecule has 0 saturated heterocycles. The van der Waals surface area contributed by atoms with Crippen LogP contribution in [0, 0.1) is 0 Å². The lowest BCUT2D eigenvalue weighted by Gasteiger charge is -2.20. The van der Waals surface area contributed by atoms with Crippen molar-refractivity contribution in [1.82, 2.24) is 9.78 Å². The van der Waals surface area contributed by atoms with Crippen LogP contribution in [0.3, 0.4) is 0 Å². The number of nitrogens with zero attached hydrogens (tertiary/aromatic N) is 2. The van der Waals surface area contributed by atoms with Crippen molar-refractivity contribution in [3.05, 3.63) is 52.8 Å². The number of hydrogen-bond acceptors (Lipinski definition) is 6. The summed E-state index contributed by atoms with van der Waals surface area (Å²) in [6, 6.07) is 11.9. The zero-order chi connectivity index (χ0) is 16.0. The number of rotatable bonds is 7. The van der Waals surface area contributed by atoms with E-state index in [-0.39, 0.29) is 11.4 Å². The maximum atomic E-state index is 12.0. The highest BCUT2D eigenvalue weighted by Gasteiger charge is 2.22. The van der Waals surface area contributed by atoms with E-state index in [0.29, 0.717) is 18.9 Å². The van der Waals surface area contributed by atoms with Crippen molar-refractivity contribution in [3.8, 4) is 11.6 Å². The highest BCUT2D eigenvalue weighted by molar-refractivity contribution is 8.07. The van der Waals surface area contributed by atoms with Crippen LogP contribution in [-0.2, 0) is 20.9 Å². The van der Waals surface area contributed by atoms with Gasteiger partial charge in [0, 0.05) is 23.9 Å². The molecule has 0 saturated carbocycles. The predicted octanol–water partition coefficient (Wildman–Crippen LogP) is 2.91. The van der Waals surface area contributed by atoms with E-state index in [1.165, 1.54) is 16.8 Å². The second kappa shape index (κ2) is 7.65. The van der Waals surface area contributed by atoms with Crippen molar-refractivity contribution >= 4 is 18.5 Å². The van der Waals surface area contributed by atoms with Gasteiger partial charge in [-0.2, -0.15) is 4.68 Å². The molecule has 118 valence electrons. The molecule has 22 heavy (non-hydrogen) atoms. The van der Waals surface area contributed by atoms with Crippen LogP contribution in [0.25, 0.3) is 5.69 Å². The molecule has 2 aromatic rings. The Morgan fingerprint density at radius 2 is 1.73 bits per heavy atom. The van der Waals surface area contributed by atoms with Crippen LogP contribution in [0.1, 0.15) is 13.8 Å². The maximum Gasteiger partial charge on any atom is 0.381 e. The number of hydrogen-bond donors (Lipinski definition) is 0. The zero-order valence-electron chi connectivity index (χ0n) is 12.3. The topological polar surface area (TPSA) is 62.6 Å². The summed E-state index contributed by atoms with van der Waals surface area (Å²) in [4.78, 5) is 12.0. The summed E-state index contributed by atoms with van der Waals surface area (Å²) in [6.07, 6.45) is 0. The molecule has 0 N–H and O–H groups in total. The van der Waals surface area contributed by atoms with Crippen molar-refractivity contribution in [2.45, 2.75) is 13.8 Å². The molecular weight excluding hydrogens is 323 g/mol. The molecule has 6 nitrogen and oxygen atoms in total. The molecule has 0 aliphatic rings. The van der Waals surface area contributed by atoms with Gasteiger partial charge in [-0.3, -0.25) is 13.8 Å². The molecule has 0 fully saturated rings. The first-order valence-corrected chi connectivity index (χ1v) is 9.38. The predicted molar refractivity (Wildman–Crippen MR) is 88.0 cm³/mol. The molecule has 8 heteroatoms. The normalized spacial score (nSPS) is 11.4. The molecule has 1 aromatic heterocycles. The van der Waals surface area contributed by atoms with E-state index in [4.69, 9.17) is 25.4 Å². The van der Waals surface area contributed by atoms with Gasteiger partial charge in [0.05, 0.1) is 18.9 Å². The van der Waals surface area contributed by atoms with E-state index in [0.717, 1.165) is 0 Å². The van der Waals surface area contributed by atoms with E-state index in [9.17, 15) is 4.79 Å². The minimum atomic E-state index is -2.91. The first kappa shape index (κ1) is 16.8. The summed E-state index contributed by atoms with van der Waals surface area (Å²) in [6.45, 7) is 1.44. The lowest BCUT2D eigenvalue weighted by molar-refractivity contribution is 0.215. The van der Waals surface area contributed by atoms with Crippen LogP contribution >= 0.6 is 6.72 Å². The third kappa shape index (κ3) is 4.24. The van der Waals surface area contributed by atoms with Gasteiger partial charge in [-0.25, -0.2) is 0 Å². The Morgan fingerprint density at radius 1 is 1.09 bits per heavy atom. The lowest BCUT2D eigenvalue weighted by Crippen LogP contribution is -2.20. The molecule has 0 radical (unpaired) electrons. The summed E-state index contributed by atoms with van der Waals surface area (Å²) < 4.78 is 17.7. The van der Waals surface area contributed by atoms with Crippen molar-refractivity contribution in [3.63, 3.8) is 0 Å². The molecule has 0 amide bonds. The van der Waals surface area contributed by atoms with Gasteiger partial charge in [0.2, 0.25) is 5.88 Å². The van der Waals surface area contributed by atoms with Crippen LogP contribution < -0.4 is 10.1 Å². The van der Waals surface area contributed by atoms with E-state index < -0.39 is 6.72 Å². The largest absolute Gasteiger partial charge is 0.404 e. The Hall–Kier alpha value is -1.53. The molecule has 0 unspecified atom stereocenters. The van der Waals surface area contributed by atoms with Gasteiger partial charge >= 0.3 is 6.72 Å². The van der Waals surface area contributed by atoms with Crippen molar-refractivity contribution in [2.24, 2.45) is 0 Å². The number of para-hydroxylation sites is 1. The highest BCUT2D eigenvalue weighted by atomic mass is 32.5. The Morgan fingerprint density at radius 3 is 2.32 bits per heavy atom. The van der Waals surface area contributed by atoms with Gasteiger partial charge in [0.1, 0.15) is 0 Å². The summed E-state index contributed by atoms with van der Waals surface area (Å²) in [5, 5.41) is 4.18. The van der Waals surface area contributed by atoms with E-state index in [2.05, 4.69) is 5.10 Å². The zero-order valence-corrected chi connectivity index (χ0v) is 14.0. The number of benzene rings is 1. The van der Waals surface area contributed by atoms with Gasteiger partial charge in [-0.1, -0.05) is 18.2 Å². The fraction of sp³-hybridized carbons (Fsp3) is 0.286. The van der Waals surface area contributed by atoms with Crippen LogP contribution in [-0.4, -0.2) is 23.0 Å². The van der Waals surface area contributed by atoms with E-state index in [1.54, 1.807) is 12.1 Å². The smallest absolute Gasteiger partial charge is 0.381 e. The molecule has 0 aliphatic heterocycles. The SMILES string of the molecule is CCOP(=S)(OCC)Oc1ccc(=O)n(-c2ccccc2)n1. The Balaban J connectivity index is 2.34. The summed E-state index contributed by atoms with van der Waals surface area (Å²) in [5.41, 5.74) is 0.374. The average molecular weight is 340 g/mol. The fourth-order valence-corrected chi connectivity index (χ4v) is 3.72.